The van der Waals surface area contributed by atoms with Gasteiger partial charge in [-0.1, -0.05) is 0 Å². The van der Waals surface area contributed by atoms with Gasteiger partial charge in [0, 0.05) is 12.3 Å². The van der Waals surface area contributed by atoms with E-state index in [0.717, 1.165) is 19.3 Å². The normalized spacial score (nSPS) is 51.0. The Morgan fingerprint density at radius 1 is 1.33 bits per heavy atom. The Kier molecular flexibility index (Phi) is 1.59. The number of ether oxygens (including phenoxy) is 1. The predicted octanol–water partition coefficient (Wildman–Crippen LogP) is 1.71. The average Bonchev–Trinajstić information content (AvgIpc) is 1.80. The average molecular weight is 170 g/mol. The van der Waals surface area contributed by atoms with Gasteiger partial charge in [-0.05, 0) is 33.6 Å². The molecule has 2 aliphatic heterocycles. The van der Waals surface area contributed by atoms with E-state index in [0.29, 0.717) is 5.92 Å². The van der Waals surface area contributed by atoms with E-state index in [1.165, 1.54) is 0 Å². The first-order valence-corrected chi connectivity index (χ1v) is 4.81. The number of hydrogen-bond donors (Lipinski definition) is 1. The molecule has 2 heterocycles. The van der Waals surface area contributed by atoms with Crippen LogP contribution in [0.2, 0.25) is 0 Å². The summed E-state index contributed by atoms with van der Waals surface area (Å²) in [7, 11) is 0. The van der Waals surface area contributed by atoms with Crippen LogP contribution in [0.25, 0.3) is 0 Å². The molecule has 3 fully saturated rings. The molecule has 2 bridgehead atoms. The molecule has 0 amide bonds. The van der Waals surface area contributed by atoms with Gasteiger partial charge in [-0.15, -0.1) is 0 Å². The number of fused-ring (bicyclic) bond motifs is 3. The molecule has 12 heavy (non-hydrogen) atoms. The number of hydrogen-bond acceptors (Lipinski definition) is 2. The highest BCUT2D eigenvalue weighted by molar-refractivity contribution is 5.02. The van der Waals surface area contributed by atoms with E-state index in [4.69, 9.17) is 4.74 Å². The van der Waals surface area contributed by atoms with E-state index < -0.39 is 0 Å². The molecular formula is C10H18O2. The molecular weight excluding hydrogens is 152 g/mol. The van der Waals surface area contributed by atoms with Gasteiger partial charge in [-0.3, -0.25) is 0 Å². The Balaban J connectivity index is 2.28. The van der Waals surface area contributed by atoms with Crippen LogP contribution in [0.3, 0.4) is 0 Å². The highest BCUT2D eigenvalue weighted by atomic mass is 16.5. The first-order valence-electron chi connectivity index (χ1n) is 4.81. The Hall–Kier alpha value is -0.0800. The topological polar surface area (TPSA) is 29.5 Å². The first-order chi connectivity index (χ1) is 5.43. The van der Waals surface area contributed by atoms with E-state index in [1.54, 1.807) is 0 Å². The van der Waals surface area contributed by atoms with Crippen molar-refractivity contribution >= 4 is 0 Å². The second-order valence-electron chi connectivity index (χ2n) is 5.07. The van der Waals surface area contributed by atoms with Crippen LogP contribution >= 0.6 is 0 Å². The van der Waals surface area contributed by atoms with E-state index in [2.05, 4.69) is 20.8 Å². The van der Waals surface area contributed by atoms with Crippen molar-refractivity contribution in [3.63, 3.8) is 0 Å². The maximum absolute atomic E-state index is 9.82. The molecule has 2 nitrogen and oxygen atoms in total. The van der Waals surface area contributed by atoms with E-state index in [9.17, 15) is 5.11 Å². The molecule has 0 radical (unpaired) electrons. The summed E-state index contributed by atoms with van der Waals surface area (Å²) in [4.78, 5) is 0. The smallest absolute Gasteiger partial charge is 0.0686 e. The van der Waals surface area contributed by atoms with Gasteiger partial charge in [-0.2, -0.15) is 0 Å². The van der Waals surface area contributed by atoms with Crippen LogP contribution in [-0.4, -0.2) is 22.4 Å². The molecule has 3 aliphatic rings. The van der Waals surface area contributed by atoms with Gasteiger partial charge in [0.15, 0.2) is 0 Å². The lowest BCUT2D eigenvalue weighted by molar-refractivity contribution is -0.263. The van der Waals surface area contributed by atoms with Crippen molar-refractivity contribution in [3.05, 3.63) is 0 Å². The first kappa shape index (κ1) is 8.52. The van der Waals surface area contributed by atoms with Crippen molar-refractivity contribution in [1.82, 2.24) is 0 Å². The summed E-state index contributed by atoms with van der Waals surface area (Å²) >= 11 is 0. The number of rotatable bonds is 0. The fraction of sp³-hybridized carbons (Fsp3) is 1.00. The van der Waals surface area contributed by atoms with Crippen LogP contribution in [0.4, 0.5) is 0 Å². The molecule has 1 saturated carbocycles. The molecule has 1 N–H and O–H groups in total. The molecule has 2 heteroatoms. The Morgan fingerprint density at radius 2 is 2.00 bits per heavy atom. The fourth-order valence-corrected chi connectivity index (χ4v) is 2.95. The quantitative estimate of drug-likeness (QED) is 0.599. The molecule has 0 spiro atoms. The molecule has 0 aromatic heterocycles. The molecule has 1 aliphatic carbocycles. The third-order valence-corrected chi connectivity index (χ3v) is 3.49. The van der Waals surface area contributed by atoms with Crippen LogP contribution in [-0.2, 0) is 4.74 Å². The Labute approximate surface area is 73.9 Å². The Morgan fingerprint density at radius 3 is 2.42 bits per heavy atom. The lowest BCUT2D eigenvalue weighted by atomic mass is 9.67. The van der Waals surface area contributed by atoms with Crippen molar-refractivity contribution in [1.29, 1.82) is 0 Å². The van der Waals surface area contributed by atoms with Gasteiger partial charge >= 0.3 is 0 Å². The lowest BCUT2D eigenvalue weighted by Gasteiger charge is -2.56. The fourth-order valence-electron chi connectivity index (χ4n) is 2.95. The number of aliphatic hydroxyl groups excluding tert-OH is 1. The highest BCUT2D eigenvalue weighted by Gasteiger charge is 2.52. The van der Waals surface area contributed by atoms with Crippen molar-refractivity contribution < 1.29 is 9.84 Å². The standard InChI is InChI=1S/C10H18O2/c1-9(2)7-4-5-10(3,12-9)6-8(7)11/h7-8,11H,4-6H2,1-3H3/t7-,8+,10+/m1/s1. The van der Waals surface area contributed by atoms with Crippen molar-refractivity contribution in [3.8, 4) is 0 Å². The third-order valence-electron chi connectivity index (χ3n) is 3.49. The zero-order chi connectivity index (χ0) is 8.98. The Bertz CT molecular complexity index is 197. The second-order valence-corrected chi connectivity index (χ2v) is 5.07. The maximum atomic E-state index is 9.82. The summed E-state index contributed by atoms with van der Waals surface area (Å²) in [5, 5.41) is 9.82. The highest BCUT2D eigenvalue weighted by Crippen LogP contribution is 2.49. The molecule has 2 saturated heterocycles. The molecule has 0 unspecified atom stereocenters. The lowest BCUT2D eigenvalue weighted by Crippen LogP contribution is -2.59. The van der Waals surface area contributed by atoms with Crippen LogP contribution in [0.1, 0.15) is 40.0 Å². The summed E-state index contributed by atoms with van der Waals surface area (Å²) in [6.07, 6.45) is 2.90. The van der Waals surface area contributed by atoms with Gasteiger partial charge in [-0.25, -0.2) is 0 Å². The van der Waals surface area contributed by atoms with Gasteiger partial charge < -0.3 is 9.84 Å². The van der Waals surface area contributed by atoms with Crippen molar-refractivity contribution in [2.75, 3.05) is 0 Å². The summed E-state index contributed by atoms with van der Waals surface area (Å²) < 4.78 is 5.97. The monoisotopic (exact) mass is 170 g/mol. The molecule has 3 atom stereocenters. The molecule has 0 aromatic rings. The molecule has 0 aromatic carbocycles. The largest absolute Gasteiger partial charge is 0.393 e. The van der Waals surface area contributed by atoms with Crippen molar-refractivity contribution in [2.45, 2.75) is 57.3 Å². The third kappa shape index (κ3) is 1.09. The van der Waals surface area contributed by atoms with Gasteiger partial charge in [0.2, 0.25) is 0 Å². The van der Waals surface area contributed by atoms with Crippen LogP contribution < -0.4 is 0 Å². The summed E-state index contributed by atoms with van der Waals surface area (Å²) in [5.41, 5.74) is -0.178. The minimum Gasteiger partial charge on any atom is -0.393 e. The minimum atomic E-state index is -0.146. The molecule has 70 valence electrons. The van der Waals surface area contributed by atoms with E-state index in [1.807, 2.05) is 0 Å². The zero-order valence-corrected chi connectivity index (χ0v) is 8.13. The SMILES string of the molecule is CC1(C)O[C@@]2(C)CC[C@@H]1[C@@H](O)C2. The predicted molar refractivity (Wildman–Crippen MR) is 46.9 cm³/mol. The van der Waals surface area contributed by atoms with E-state index in [-0.39, 0.29) is 17.3 Å². The zero-order valence-electron chi connectivity index (χ0n) is 8.13. The molecule has 3 rings (SSSR count). The minimum absolute atomic E-state index is 0.0579. The van der Waals surface area contributed by atoms with E-state index >= 15 is 0 Å². The maximum Gasteiger partial charge on any atom is 0.0686 e. The van der Waals surface area contributed by atoms with Crippen LogP contribution in [0.15, 0.2) is 0 Å². The summed E-state index contributed by atoms with van der Waals surface area (Å²) in [6, 6.07) is 0. The summed E-state index contributed by atoms with van der Waals surface area (Å²) in [5.74, 6) is 0.347. The van der Waals surface area contributed by atoms with Gasteiger partial charge in [0.1, 0.15) is 0 Å². The van der Waals surface area contributed by atoms with Crippen LogP contribution in [0.5, 0.6) is 0 Å². The summed E-state index contributed by atoms with van der Waals surface area (Å²) in [6.45, 7) is 6.31. The number of aliphatic hydroxyl groups is 1. The van der Waals surface area contributed by atoms with Crippen molar-refractivity contribution in [2.24, 2.45) is 5.92 Å². The second kappa shape index (κ2) is 2.24. The van der Waals surface area contributed by atoms with Crippen LogP contribution in [0, 0.1) is 5.92 Å². The van der Waals surface area contributed by atoms with Gasteiger partial charge in [0.25, 0.3) is 0 Å². The van der Waals surface area contributed by atoms with Gasteiger partial charge in [0.05, 0.1) is 17.3 Å².